The van der Waals surface area contributed by atoms with Crippen molar-refractivity contribution in [2.24, 2.45) is 0 Å². The number of ether oxygens (including phenoxy) is 1. The molecule has 0 bridgehead atoms. The van der Waals surface area contributed by atoms with E-state index >= 15 is 0 Å². The third-order valence-electron chi connectivity index (χ3n) is 0.660. The zero-order valence-corrected chi connectivity index (χ0v) is 5.43. The average Bonchev–Trinajstić information content (AvgIpc) is 1.63. The van der Waals surface area contributed by atoms with Gasteiger partial charge >= 0.3 is 5.97 Å². The molecule has 0 aromatic heterocycles. The molecule has 0 aliphatic carbocycles. The minimum atomic E-state index is -0.518. The van der Waals surface area contributed by atoms with E-state index in [1.54, 1.807) is 0 Å². The minimum absolute atomic E-state index is 0.109. The van der Waals surface area contributed by atoms with Gasteiger partial charge in [0, 0.05) is 13.8 Å². The highest BCUT2D eigenvalue weighted by molar-refractivity contribution is 5.92. The van der Waals surface area contributed by atoms with Crippen LogP contribution in [-0.2, 0) is 14.3 Å². The highest BCUT2D eigenvalue weighted by Crippen LogP contribution is 1.93. The van der Waals surface area contributed by atoms with E-state index in [0.29, 0.717) is 0 Å². The molecule has 0 aromatic rings. The Balaban J connectivity index is 3.79. The topological polar surface area (TPSA) is 43.4 Å². The summed E-state index contributed by atoms with van der Waals surface area (Å²) in [5.74, 6) is -0.956. The maximum absolute atomic E-state index is 10.3. The lowest BCUT2D eigenvalue weighted by molar-refractivity contribution is -0.139. The summed E-state index contributed by atoms with van der Waals surface area (Å²) < 4.78 is 4.33. The quantitative estimate of drug-likeness (QED) is 0.311. The first-order valence-electron chi connectivity index (χ1n) is 2.42. The van der Waals surface area contributed by atoms with Crippen LogP contribution in [0.15, 0.2) is 12.3 Å². The largest absolute Gasteiger partial charge is 0.424 e. The molecule has 3 heteroatoms. The van der Waals surface area contributed by atoms with Crippen LogP contribution in [0, 0.1) is 0 Å². The van der Waals surface area contributed by atoms with E-state index < -0.39 is 5.97 Å². The summed E-state index contributed by atoms with van der Waals surface area (Å²) in [5, 5.41) is 0. The predicted molar refractivity (Wildman–Crippen MR) is 31.6 cm³/mol. The molecule has 0 aliphatic heterocycles. The Labute approximate surface area is 53.3 Å². The first-order chi connectivity index (χ1) is 4.04. The second-order valence-electron chi connectivity index (χ2n) is 1.57. The predicted octanol–water partition coefficient (Wildman–Crippen LogP) is 0.652. The van der Waals surface area contributed by atoms with Crippen molar-refractivity contribution in [3.63, 3.8) is 0 Å². The fourth-order valence-corrected chi connectivity index (χ4v) is 0.245. The first kappa shape index (κ1) is 7.88. The van der Waals surface area contributed by atoms with Crippen LogP contribution in [0.4, 0.5) is 0 Å². The lowest BCUT2D eigenvalue weighted by atomic mass is 10.4. The molecule has 0 aromatic carbocycles. The van der Waals surface area contributed by atoms with E-state index in [1.807, 2.05) is 0 Å². The molecule has 0 rings (SSSR count). The third kappa shape index (κ3) is 3.46. The lowest BCUT2D eigenvalue weighted by Crippen LogP contribution is -2.04. The normalized spacial score (nSPS) is 8.22. The summed E-state index contributed by atoms with van der Waals surface area (Å²) in [6, 6.07) is 0. The Morgan fingerprint density at radius 3 is 1.89 bits per heavy atom. The van der Waals surface area contributed by atoms with Gasteiger partial charge in [-0.25, -0.2) is 0 Å². The second kappa shape index (κ2) is 3.02. The van der Waals surface area contributed by atoms with Crippen molar-refractivity contribution >= 4 is 11.8 Å². The standard InChI is InChI=1S/C6H8O3/c1-4(7)5(2)9-6(3)8/h2H2,1,3H3. The average molecular weight is 128 g/mol. The number of ketones is 1. The molecular weight excluding hydrogens is 120 g/mol. The molecule has 0 radical (unpaired) electrons. The van der Waals surface area contributed by atoms with E-state index in [1.165, 1.54) is 13.8 Å². The van der Waals surface area contributed by atoms with Crippen LogP contribution < -0.4 is 0 Å². The Hall–Kier alpha value is -1.12. The van der Waals surface area contributed by atoms with Gasteiger partial charge < -0.3 is 4.74 Å². The molecule has 0 fully saturated rings. The minimum Gasteiger partial charge on any atom is -0.424 e. The Bertz CT molecular complexity index is 158. The van der Waals surface area contributed by atoms with Crippen molar-refractivity contribution in [3.8, 4) is 0 Å². The van der Waals surface area contributed by atoms with Crippen LogP contribution >= 0.6 is 0 Å². The molecule has 0 N–H and O–H groups in total. The number of hydrogen-bond donors (Lipinski definition) is 0. The smallest absolute Gasteiger partial charge is 0.308 e. The molecule has 3 nitrogen and oxygen atoms in total. The van der Waals surface area contributed by atoms with Crippen molar-refractivity contribution < 1.29 is 14.3 Å². The van der Waals surface area contributed by atoms with Crippen LogP contribution in [0.5, 0.6) is 0 Å². The monoisotopic (exact) mass is 128 g/mol. The molecule has 0 saturated heterocycles. The van der Waals surface area contributed by atoms with Gasteiger partial charge in [0.1, 0.15) is 0 Å². The van der Waals surface area contributed by atoms with Gasteiger partial charge in [0.05, 0.1) is 0 Å². The van der Waals surface area contributed by atoms with Crippen LogP contribution in [-0.4, -0.2) is 11.8 Å². The molecule has 0 spiro atoms. The Morgan fingerprint density at radius 1 is 1.33 bits per heavy atom. The number of rotatable bonds is 2. The molecule has 0 unspecified atom stereocenters. The van der Waals surface area contributed by atoms with Crippen LogP contribution in [0.2, 0.25) is 0 Å². The van der Waals surface area contributed by atoms with Crippen molar-refractivity contribution in [1.29, 1.82) is 0 Å². The van der Waals surface area contributed by atoms with Gasteiger partial charge in [0.25, 0.3) is 0 Å². The molecule has 0 amide bonds. The van der Waals surface area contributed by atoms with Crippen LogP contribution in [0.25, 0.3) is 0 Å². The van der Waals surface area contributed by atoms with Crippen LogP contribution in [0.3, 0.4) is 0 Å². The van der Waals surface area contributed by atoms with E-state index in [2.05, 4.69) is 11.3 Å². The number of Topliss-reactive ketones (excluding diaryl/α,β-unsaturated/α-hetero) is 1. The second-order valence-corrected chi connectivity index (χ2v) is 1.57. The van der Waals surface area contributed by atoms with E-state index in [9.17, 15) is 9.59 Å². The molecule has 0 saturated carbocycles. The van der Waals surface area contributed by atoms with Gasteiger partial charge in [0.15, 0.2) is 11.5 Å². The fraction of sp³-hybridized carbons (Fsp3) is 0.333. The molecule has 50 valence electrons. The van der Waals surface area contributed by atoms with Gasteiger partial charge in [-0.2, -0.15) is 0 Å². The van der Waals surface area contributed by atoms with E-state index in [0.717, 1.165) is 0 Å². The maximum atomic E-state index is 10.3. The number of hydrogen-bond acceptors (Lipinski definition) is 3. The third-order valence-corrected chi connectivity index (χ3v) is 0.660. The van der Waals surface area contributed by atoms with Gasteiger partial charge in [-0.3, -0.25) is 9.59 Å². The SMILES string of the molecule is C=C(OC(C)=O)C(C)=O. The summed E-state index contributed by atoms with van der Waals surface area (Å²) >= 11 is 0. The fourth-order valence-electron chi connectivity index (χ4n) is 0.245. The highest BCUT2D eigenvalue weighted by atomic mass is 16.5. The van der Waals surface area contributed by atoms with Crippen molar-refractivity contribution in [1.82, 2.24) is 0 Å². The van der Waals surface area contributed by atoms with E-state index in [4.69, 9.17) is 0 Å². The zero-order valence-electron chi connectivity index (χ0n) is 5.43. The summed E-state index contributed by atoms with van der Waals surface area (Å²) in [4.78, 5) is 20.4. The number of esters is 1. The van der Waals surface area contributed by atoms with Gasteiger partial charge in [-0.05, 0) is 0 Å². The summed E-state index contributed by atoms with van der Waals surface area (Å²) in [5.41, 5.74) is 0. The van der Waals surface area contributed by atoms with Crippen molar-refractivity contribution in [2.45, 2.75) is 13.8 Å². The Kier molecular flexibility index (Phi) is 2.64. The maximum Gasteiger partial charge on any atom is 0.308 e. The van der Waals surface area contributed by atoms with E-state index in [-0.39, 0.29) is 11.5 Å². The highest BCUT2D eigenvalue weighted by Gasteiger charge is 2.02. The molecule has 0 aliphatic rings. The summed E-state index contributed by atoms with van der Waals surface area (Å²) in [7, 11) is 0. The van der Waals surface area contributed by atoms with Gasteiger partial charge in [0.2, 0.25) is 0 Å². The van der Waals surface area contributed by atoms with Crippen LogP contribution in [0.1, 0.15) is 13.8 Å². The number of carbonyl (C=O) groups is 2. The van der Waals surface area contributed by atoms with Gasteiger partial charge in [-0.15, -0.1) is 0 Å². The summed E-state index contributed by atoms with van der Waals surface area (Å²) in [6.45, 7) is 5.70. The number of allylic oxidation sites excluding steroid dienone is 1. The number of carbonyl (C=O) groups excluding carboxylic acids is 2. The molecule has 0 atom stereocenters. The lowest BCUT2D eigenvalue weighted by Gasteiger charge is -1.97. The zero-order chi connectivity index (χ0) is 7.44. The van der Waals surface area contributed by atoms with Crippen molar-refractivity contribution in [3.05, 3.63) is 12.3 Å². The van der Waals surface area contributed by atoms with Gasteiger partial charge in [-0.1, -0.05) is 6.58 Å². The Morgan fingerprint density at radius 2 is 1.78 bits per heavy atom. The molecule has 0 heterocycles. The first-order valence-corrected chi connectivity index (χ1v) is 2.42. The van der Waals surface area contributed by atoms with Crippen molar-refractivity contribution in [2.75, 3.05) is 0 Å². The molecular formula is C6H8O3. The molecule has 9 heavy (non-hydrogen) atoms. The summed E-state index contributed by atoms with van der Waals surface area (Å²) in [6.07, 6.45) is 0.